The van der Waals surface area contributed by atoms with E-state index < -0.39 is 11.6 Å². The maximum Gasteiger partial charge on any atom is 0.150 e. The fourth-order valence-corrected chi connectivity index (χ4v) is 2.48. The minimum Gasteiger partial charge on any atom is -0.382 e. The van der Waals surface area contributed by atoms with Crippen LogP contribution in [0.2, 0.25) is 0 Å². The summed E-state index contributed by atoms with van der Waals surface area (Å²) in [6, 6.07) is 3.88. The average Bonchev–Trinajstić information content (AvgIpc) is 2.48. The number of hydrogen-bond acceptors (Lipinski definition) is 4. The van der Waals surface area contributed by atoms with Crippen LogP contribution >= 0.6 is 0 Å². The number of ether oxygens (including phenoxy) is 2. The summed E-state index contributed by atoms with van der Waals surface area (Å²) in [5, 5.41) is 8.70. The van der Waals surface area contributed by atoms with Crippen LogP contribution in [0.5, 0.6) is 0 Å². The zero-order chi connectivity index (χ0) is 15.2. The van der Waals surface area contributed by atoms with Gasteiger partial charge in [0.2, 0.25) is 0 Å². The van der Waals surface area contributed by atoms with Crippen molar-refractivity contribution in [3.63, 3.8) is 0 Å². The first-order valence-corrected chi connectivity index (χ1v) is 6.90. The lowest BCUT2D eigenvalue weighted by Crippen LogP contribution is -2.38. The normalized spacial score (nSPS) is 16.0. The maximum absolute atomic E-state index is 13.9. The first-order valence-electron chi connectivity index (χ1n) is 6.90. The Hall–Kier alpha value is -1.71. The summed E-state index contributed by atoms with van der Waals surface area (Å²) in [7, 11) is 1.61. The van der Waals surface area contributed by atoms with E-state index in [0.29, 0.717) is 39.1 Å². The van der Waals surface area contributed by atoms with Crippen LogP contribution in [0.4, 0.5) is 14.5 Å². The molecule has 1 aromatic rings. The first kappa shape index (κ1) is 15.7. The van der Waals surface area contributed by atoms with Gasteiger partial charge in [-0.1, -0.05) is 0 Å². The maximum atomic E-state index is 13.9. The highest BCUT2D eigenvalue weighted by atomic mass is 19.1. The molecule has 0 aliphatic carbocycles. The number of piperidine rings is 1. The van der Waals surface area contributed by atoms with E-state index in [1.54, 1.807) is 18.1 Å². The third kappa shape index (κ3) is 3.90. The smallest absolute Gasteiger partial charge is 0.150 e. The minimum absolute atomic E-state index is 0.00784. The fourth-order valence-electron chi connectivity index (χ4n) is 2.48. The molecular weight excluding hydrogens is 278 g/mol. The van der Waals surface area contributed by atoms with Gasteiger partial charge in [0.15, 0.2) is 11.6 Å². The zero-order valence-corrected chi connectivity index (χ0v) is 11.9. The molecule has 1 heterocycles. The van der Waals surface area contributed by atoms with Crippen molar-refractivity contribution in [3.8, 4) is 6.07 Å². The van der Waals surface area contributed by atoms with Gasteiger partial charge in [0, 0.05) is 20.2 Å². The molecule has 1 fully saturated rings. The molecule has 2 rings (SSSR count). The molecule has 0 amide bonds. The van der Waals surface area contributed by atoms with Crippen LogP contribution in [0.15, 0.2) is 12.1 Å². The molecule has 21 heavy (non-hydrogen) atoms. The molecule has 4 nitrogen and oxygen atoms in total. The molecule has 0 saturated carbocycles. The summed E-state index contributed by atoms with van der Waals surface area (Å²) < 4.78 is 38.4. The third-order valence-corrected chi connectivity index (χ3v) is 3.55. The van der Waals surface area contributed by atoms with Gasteiger partial charge in [0.05, 0.1) is 31.0 Å². The van der Waals surface area contributed by atoms with Gasteiger partial charge in [-0.25, -0.2) is 8.78 Å². The summed E-state index contributed by atoms with van der Waals surface area (Å²) in [4.78, 5) is 1.67. The third-order valence-electron chi connectivity index (χ3n) is 3.55. The fraction of sp³-hybridized carbons (Fsp3) is 0.533. The minimum atomic E-state index is -0.690. The van der Waals surface area contributed by atoms with Crippen molar-refractivity contribution in [1.82, 2.24) is 0 Å². The van der Waals surface area contributed by atoms with Crippen molar-refractivity contribution in [2.24, 2.45) is 0 Å². The summed E-state index contributed by atoms with van der Waals surface area (Å²) in [5.41, 5.74) is -0.0594. The average molecular weight is 296 g/mol. The van der Waals surface area contributed by atoms with Crippen molar-refractivity contribution in [3.05, 3.63) is 29.3 Å². The summed E-state index contributed by atoms with van der Waals surface area (Å²) in [6.07, 6.45) is 1.52. The molecule has 1 aliphatic rings. The van der Waals surface area contributed by atoms with E-state index in [0.717, 1.165) is 12.1 Å². The molecular formula is C15H18F2N2O2. The Kier molecular flexibility index (Phi) is 5.48. The lowest BCUT2D eigenvalue weighted by atomic mass is 10.1. The Morgan fingerprint density at radius 2 is 1.86 bits per heavy atom. The van der Waals surface area contributed by atoms with Crippen molar-refractivity contribution >= 4 is 5.69 Å². The van der Waals surface area contributed by atoms with E-state index in [4.69, 9.17) is 14.7 Å². The van der Waals surface area contributed by atoms with E-state index in [1.165, 1.54) is 0 Å². The largest absolute Gasteiger partial charge is 0.382 e. The van der Waals surface area contributed by atoms with Crippen LogP contribution in [0.1, 0.15) is 18.4 Å². The molecule has 1 aliphatic heterocycles. The van der Waals surface area contributed by atoms with Crippen molar-refractivity contribution in [2.45, 2.75) is 18.9 Å². The Bertz CT molecular complexity index is 500. The summed E-state index contributed by atoms with van der Waals surface area (Å²) in [5.74, 6) is -1.38. The summed E-state index contributed by atoms with van der Waals surface area (Å²) >= 11 is 0. The zero-order valence-electron chi connectivity index (χ0n) is 11.9. The van der Waals surface area contributed by atoms with Crippen LogP contribution in [-0.2, 0) is 9.47 Å². The molecule has 0 bridgehead atoms. The van der Waals surface area contributed by atoms with Crippen molar-refractivity contribution in [1.29, 1.82) is 5.26 Å². The number of hydrogen-bond donors (Lipinski definition) is 0. The molecule has 1 aromatic carbocycles. The molecule has 0 unspecified atom stereocenters. The number of rotatable bonds is 5. The Morgan fingerprint density at radius 3 is 2.38 bits per heavy atom. The molecule has 1 saturated heterocycles. The van der Waals surface area contributed by atoms with Gasteiger partial charge in [0.25, 0.3) is 0 Å². The van der Waals surface area contributed by atoms with Gasteiger partial charge in [-0.15, -0.1) is 0 Å². The predicted molar refractivity (Wildman–Crippen MR) is 74.1 cm³/mol. The molecule has 0 N–H and O–H groups in total. The van der Waals surface area contributed by atoms with Gasteiger partial charge in [-0.3, -0.25) is 0 Å². The molecule has 0 radical (unpaired) electrons. The standard InChI is InChI=1S/C15H18F2N2O2/c1-20-6-7-21-12-2-4-19(5-3-12)15-13(16)8-11(10-18)9-14(15)17/h8-9,12H,2-7H2,1H3. The van der Waals surface area contributed by atoms with Crippen LogP contribution in [0, 0.1) is 23.0 Å². The SMILES string of the molecule is COCCOC1CCN(c2c(F)cc(C#N)cc2F)CC1. The molecule has 0 aromatic heterocycles. The highest BCUT2D eigenvalue weighted by Gasteiger charge is 2.24. The number of halogens is 2. The van der Waals surface area contributed by atoms with Gasteiger partial charge in [0.1, 0.15) is 5.69 Å². The Morgan fingerprint density at radius 1 is 1.24 bits per heavy atom. The lowest BCUT2D eigenvalue weighted by Gasteiger charge is -2.33. The quantitative estimate of drug-likeness (QED) is 0.783. The predicted octanol–water partition coefficient (Wildman–Crippen LogP) is 2.47. The van der Waals surface area contributed by atoms with Crippen LogP contribution in [-0.4, -0.2) is 39.5 Å². The van der Waals surface area contributed by atoms with E-state index in [9.17, 15) is 8.78 Å². The molecule has 0 atom stereocenters. The van der Waals surface area contributed by atoms with E-state index in [1.807, 2.05) is 0 Å². The van der Waals surface area contributed by atoms with Crippen molar-refractivity contribution in [2.75, 3.05) is 38.3 Å². The summed E-state index contributed by atoms with van der Waals surface area (Å²) in [6.45, 7) is 2.12. The second kappa shape index (κ2) is 7.34. The second-order valence-corrected chi connectivity index (χ2v) is 4.95. The molecule has 114 valence electrons. The van der Waals surface area contributed by atoms with Crippen molar-refractivity contribution < 1.29 is 18.3 Å². The van der Waals surface area contributed by atoms with E-state index in [2.05, 4.69) is 0 Å². The monoisotopic (exact) mass is 296 g/mol. The Labute approximate surface area is 122 Å². The van der Waals surface area contributed by atoms with Gasteiger partial charge in [-0.2, -0.15) is 5.26 Å². The van der Waals surface area contributed by atoms with Gasteiger partial charge < -0.3 is 14.4 Å². The molecule has 6 heteroatoms. The Balaban J connectivity index is 1.98. The number of nitriles is 1. The van der Waals surface area contributed by atoms with Gasteiger partial charge in [-0.05, 0) is 25.0 Å². The van der Waals surface area contributed by atoms with Crippen LogP contribution < -0.4 is 4.90 Å². The van der Waals surface area contributed by atoms with E-state index in [-0.39, 0.29) is 17.4 Å². The highest BCUT2D eigenvalue weighted by molar-refractivity contribution is 5.52. The second-order valence-electron chi connectivity index (χ2n) is 4.95. The molecule has 0 spiro atoms. The van der Waals surface area contributed by atoms with Gasteiger partial charge >= 0.3 is 0 Å². The topological polar surface area (TPSA) is 45.5 Å². The lowest BCUT2D eigenvalue weighted by molar-refractivity contribution is 0.00600. The first-order chi connectivity index (χ1) is 10.2. The number of anilines is 1. The number of methoxy groups -OCH3 is 1. The van der Waals surface area contributed by atoms with Crippen LogP contribution in [0.25, 0.3) is 0 Å². The number of nitrogens with zero attached hydrogens (tertiary/aromatic N) is 2. The highest BCUT2D eigenvalue weighted by Crippen LogP contribution is 2.28. The van der Waals surface area contributed by atoms with E-state index >= 15 is 0 Å². The van der Waals surface area contributed by atoms with Crippen LogP contribution in [0.3, 0.4) is 0 Å². The number of benzene rings is 1.